The van der Waals surface area contributed by atoms with Crippen molar-refractivity contribution in [3.63, 3.8) is 0 Å². The van der Waals surface area contributed by atoms with Gasteiger partial charge in [-0.25, -0.2) is 12.7 Å². The molecule has 4 nitrogen and oxygen atoms in total. The Morgan fingerprint density at radius 2 is 1.85 bits per heavy atom. The number of hydrogen-bond donors (Lipinski definition) is 1. The van der Waals surface area contributed by atoms with Gasteiger partial charge in [-0.15, -0.1) is 0 Å². The van der Waals surface area contributed by atoms with Gasteiger partial charge in [-0.05, 0) is 29.4 Å². The standard InChI is InChI=1S/C15H23NO3S/c1-12(2)15-7-8-16(9-15)20(18,19)11-14-5-3-13(10-17)4-6-14/h3-6,12,15,17H,7-11H2,1-2H3. The second kappa shape index (κ2) is 6.24. The lowest BCUT2D eigenvalue weighted by atomic mass is 9.96. The van der Waals surface area contributed by atoms with Crippen molar-refractivity contribution in [1.82, 2.24) is 4.31 Å². The lowest BCUT2D eigenvalue weighted by molar-refractivity contribution is 0.282. The second-order valence-corrected chi connectivity index (χ2v) is 7.85. The number of benzene rings is 1. The van der Waals surface area contributed by atoms with Gasteiger partial charge in [0, 0.05) is 13.1 Å². The van der Waals surface area contributed by atoms with E-state index in [1.54, 1.807) is 28.6 Å². The summed E-state index contributed by atoms with van der Waals surface area (Å²) in [5.74, 6) is 1.05. The lowest BCUT2D eigenvalue weighted by Gasteiger charge is -2.18. The van der Waals surface area contributed by atoms with E-state index in [0.29, 0.717) is 24.9 Å². The van der Waals surface area contributed by atoms with Gasteiger partial charge in [-0.3, -0.25) is 0 Å². The fourth-order valence-electron chi connectivity index (χ4n) is 2.59. The first kappa shape index (κ1) is 15.5. The third-order valence-corrected chi connectivity index (χ3v) is 5.89. The van der Waals surface area contributed by atoms with Crippen LogP contribution < -0.4 is 0 Å². The highest BCUT2D eigenvalue weighted by molar-refractivity contribution is 7.88. The zero-order chi connectivity index (χ0) is 14.8. The Labute approximate surface area is 121 Å². The quantitative estimate of drug-likeness (QED) is 0.904. The number of nitrogens with zero attached hydrogens (tertiary/aromatic N) is 1. The molecule has 0 radical (unpaired) electrons. The molecule has 2 rings (SSSR count). The molecule has 1 heterocycles. The van der Waals surface area contributed by atoms with Crippen molar-refractivity contribution in [2.75, 3.05) is 13.1 Å². The summed E-state index contributed by atoms with van der Waals surface area (Å²) >= 11 is 0. The van der Waals surface area contributed by atoms with Gasteiger partial charge in [-0.1, -0.05) is 38.1 Å². The Morgan fingerprint density at radius 3 is 2.35 bits per heavy atom. The summed E-state index contributed by atoms with van der Waals surface area (Å²) < 4.78 is 26.4. The lowest BCUT2D eigenvalue weighted by Crippen LogP contribution is -2.30. The maximum absolute atomic E-state index is 12.4. The minimum absolute atomic E-state index is 0.0186. The minimum atomic E-state index is -3.23. The molecule has 1 aliphatic heterocycles. The van der Waals surface area contributed by atoms with Crippen LogP contribution in [0.2, 0.25) is 0 Å². The smallest absolute Gasteiger partial charge is 0.218 e. The van der Waals surface area contributed by atoms with E-state index in [4.69, 9.17) is 5.11 Å². The van der Waals surface area contributed by atoms with E-state index in [2.05, 4.69) is 13.8 Å². The van der Waals surface area contributed by atoms with Gasteiger partial charge in [0.05, 0.1) is 12.4 Å². The van der Waals surface area contributed by atoms with Crippen molar-refractivity contribution in [3.05, 3.63) is 35.4 Å². The Hall–Kier alpha value is -0.910. The molecule has 1 aromatic rings. The summed E-state index contributed by atoms with van der Waals surface area (Å²) in [7, 11) is -3.23. The Balaban J connectivity index is 2.04. The molecule has 112 valence electrons. The molecule has 0 saturated carbocycles. The third kappa shape index (κ3) is 3.59. The van der Waals surface area contributed by atoms with E-state index in [-0.39, 0.29) is 12.4 Å². The summed E-state index contributed by atoms with van der Waals surface area (Å²) in [5, 5.41) is 8.99. The summed E-state index contributed by atoms with van der Waals surface area (Å²) in [6.45, 7) is 5.56. The topological polar surface area (TPSA) is 57.6 Å². The minimum Gasteiger partial charge on any atom is -0.392 e. The monoisotopic (exact) mass is 297 g/mol. The number of sulfonamides is 1. The van der Waals surface area contributed by atoms with Crippen LogP contribution in [0.4, 0.5) is 0 Å². The summed E-state index contributed by atoms with van der Waals surface area (Å²) in [6.07, 6.45) is 0.959. The first-order chi connectivity index (χ1) is 9.42. The summed E-state index contributed by atoms with van der Waals surface area (Å²) in [5.41, 5.74) is 1.57. The van der Waals surface area contributed by atoms with E-state index < -0.39 is 10.0 Å². The molecule has 1 atom stereocenters. The molecule has 0 amide bonds. The van der Waals surface area contributed by atoms with E-state index in [9.17, 15) is 8.42 Å². The van der Waals surface area contributed by atoms with Crippen LogP contribution in [0.25, 0.3) is 0 Å². The zero-order valence-electron chi connectivity index (χ0n) is 12.1. The largest absolute Gasteiger partial charge is 0.392 e. The molecule has 0 spiro atoms. The van der Waals surface area contributed by atoms with Crippen LogP contribution >= 0.6 is 0 Å². The van der Waals surface area contributed by atoms with Crippen LogP contribution in [0.15, 0.2) is 24.3 Å². The molecule has 20 heavy (non-hydrogen) atoms. The van der Waals surface area contributed by atoms with Crippen LogP contribution in [0.5, 0.6) is 0 Å². The zero-order valence-corrected chi connectivity index (χ0v) is 12.9. The highest BCUT2D eigenvalue weighted by Crippen LogP contribution is 2.26. The van der Waals surface area contributed by atoms with Crippen molar-refractivity contribution in [1.29, 1.82) is 0 Å². The molecule has 1 aromatic carbocycles. The molecule has 1 N–H and O–H groups in total. The molecule has 0 bridgehead atoms. The van der Waals surface area contributed by atoms with Gasteiger partial charge in [0.1, 0.15) is 0 Å². The highest BCUT2D eigenvalue weighted by atomic mass is 32.2. The predicted molar refractivity (Wildman–Crippen MR) is 79.5 cm³/mol. The molecule has 0 aliphatic carbocycles. The van der Waals surface area contributed by atoms with Crippen molar-refractivity contribution >= 4 is 10.0 Å². The van der Waals surface area contributed by atoms with Gasteiger partial charge in [0.2, 0.25) is 10.0 Å². The van der Waals surface area contributed by atoms with E-state index in [0.717, 1.165) is 17.5 Å². The molecule has 0 aromatic heterocycles. The number of rotatable bonds is 5. The Kier molecular flexibility index (Phi) is 4.83. The first-order valence-electron chi connectivity index (χ1n) is 7.09. The van der Waals surface area contributed by atoms with Crippen LogP contribution in [-0.4, -0.2) is 30.9 Å². The van der Waals surface area contributed by atoms with Crippen LogP contribution in [-0.2, 0) is 22.4 Å². The van der Waals surface area contributed by atoms with Gasteiger partial charge in [0.15, 0.2) is 0 Å². The second-order valence-electron chi connectivity index (χ2n) is 5.88. The van der Waals surface area contributed by atoms with Crippen molar-refractivity contribution in [2.45, 2.75) is 32.6 Å². The number of aliphatic hydroxyl groups is 1. The van der Waals surface area contributed by atoms with Crippen molar-refractivity contribution < 1.29 is 13.5 Å². The van der Waals surface area contributed by atoms with Gasteiger partial charge < -0.3 is 5.11 Å². The van der Waals surface area contributed by atoms with Crippen molar-refractivity contribution in [3.8, 4) is 0 Å². The normalized spacial score (nSPS) is 20.7. The van der Waals surface area contributed by atoms with E-state index in [1.165, 1.54) is 0 Å². The third-order valence-electron chi connectivity index (χ3n) is 4.08. The average molecular weight is 297 g/mol. The van der Waals surface area contributed by atoms with E-state index >= 15 is 0 Å². The predicted octanol–water partition coefficient (Wildman–Crippen LogP) is 1.99. The fourth-order valence-corrected chi connectivity index (χ4v) is 4.19. The molecular formula is C15H23NO3S. The van der Waals surface area contributed by atoms with Gasteiger partial charge >= 0.3 is 0 Å². The van der Waals surface area contributed by atoms with Gasteiger partial charge in [0.25, 0.3) is 0 Å². The average Bonchev–Trinajstić information content (AvgIpc) is 2.90. The fraction of sp³-hybridized carbons (Fsp3) is 0.600. The SMILES string of the molecule is CC(C)C1CCN(S(=O)(=O)Cc2ccc(CO)cc2)C1. The molecule has 1 unspecified atom stereocenters. The molecule has 1 aliphatic rings. The number of hydrogen-bond acceptors (Lipinski definition) is 3. The van der Waals surface area contributed by atoms with Crippen LogP contribution in [0.1, 0.15) is 31.4 Å². The maximum Gasteiger partial charge on any atom is 0.218 e. The Morgan fingerprint density at radius 1 is 1.25 bits per heavy atom. The van der Waals surface area contributed by atoms with E-state index in [1.807, 2.05) is 0 Å². The van der Waals surface area contributed by atoms with Crippen LogP contribution in [0.3, 0.4) is 0 Å². The highest BCUT2D eigenvalue weighted by Gasteiger charge is 2.32. The molecule has 1 fully saturated rings. The molecule has 5 heteroatoms. The molecule has 1 saturated heterocycles. The summed E-state index contributed by atoms with van der Waals surface area (Å²) in [6, 6.07) is 7.09. The summed E-state index contributed by atoms with van der Waals surface area (Å²) in [4.78, 5) is 0. The van der Waals surface area contributed by atoms with Crippen LogP contribution in [0, 0.1) is 11.8 Å². The maximum atomic E-state index is 12.4. The molecular weight excluding hydrogens is 274 g/mol. The Bertz CT molecular complexity index is 537. The van der Waals surface area contributed by atoms with Crippen molar-refractivity contribution in [2.24, 2.45) is 11.8 Å². The number of aliphatic hydroxyl groups excluding tert-OH is 1. The van der Waals surface area contributed by atoms with Gasteiger partial charge in [-0.2, -0.15) is 0 Å². The first-order valence-corrected chi connectivity index (χ1v) is 8.70.